The zero-order chi connectivity index (χ0) is 24.4. The molecule has 178 valence electrons. The van der Waals surface area contributed by atoms with Gasteiger partial charge in [-0.3, -0.25) is 9.36 Å². The minimum atomic E-state index is -1.82. The monoisotopic (exact) mass is 477 g/mol. The number of esters is 1. The molecule has 1 aliphatic rings. The molecule has 1 saturated heterocycles. The van der Waals surface area contributed by atoms with Crippen LogP contribution in [0.3, 0.4) is 0 Å². The van der Waals surface area contributed by atoms with Gasteiger partial charge in [-0.05, 0) is 24.3 Å². The van der Waals surface area contributed by atoms with Gasteiger partial charge in [-0.25, -0.2) is 24.1 Å². The maximum atomic E-state index is 14.8. The number of carbonyl (C=O) groups excluding carboxylic acids is 2. The molecule has 0 saturated carbocycles. The minimum absolute atomic E-state index is 0.153. The first-order valence-electron chi connectivity index (χ1n) is 10.8. The lowest BCUT2D eigenvalue weighted by Gasteiger charge is -2.16. The number of nitrogens with one attached hydrogen (secondary N) is 1. The second-order valence-corrected chi connectivity index (χ2v) is 7.83. The van der Waals surface area contributed by atoms with E-state index < -0.39 is 30.6 Å². The number of aliphatic hydroxyl groups is 1. The van der Waals surface area contributed by atoms with E-state index in [0.717, 1.165) is 0 Å². The molecule has 0 aliphatic carbocycles. The van der Waals surface area contributed by atoms with Crippen LogP contribution in [0.2, 0.25) is 0 Å². The zero-order valence-electron chi connectivity index (χ0n) is 18.2. The van der Waals surface area contributed by atoms with Crippen LogP contribution in [0.15, 0.2) is 73.3 Å². The molecule has 2 aromatic heterocycles. The predicted octanol–water partition coefficient (Wildman–Crippen LogP) is 2.53. The van der Waals surface area contributed by atoms with E-state index in [0.29, 0.717) is 11.1 Å². The average Bonchev–Trinajstić information content (AvgIpc) is 3.45. The van der Waals surface area contributed by atoms with Crippen molar-refractivity contribution in [2.75, 3.05) is 11.9 Å². The van der Waals surface area contributed by atoms with E-state index in [9.17, 15) is 19.1 Å². The lowest BCUT2D eigenvalue weighted by atomic mass is 10.1. The molecule has 1 aliphatic heterocycles. The van der Waals surface area contributed by atoms with Crippen molar-refractivity contribution < 1.29 is 28.6 Å². The molecule has 0 bridgehead atoms. The number of nitrogens with zero attached hydrogens (tertiary/aromatic N) is 4. The van der Waals surface area contributed by atoms with Crippen LogP contribution in [-0.4, -0.2) is 61.5 Å². The molecule has 35 heavy (non-hydrogen) atoms. The van der Waals surface area contributed by atoms with Crippen molar-refractivity contribution >= 4 is 28.9 Å². The van der Waals surface area contributed by atoms with Gasteiger partial charge < -0.3 is 19.9 Å². The van der Waals surface area contributed by atoms with Gasteiger partial charge in [0.2, 0.25) is 0 Å². The first-order chi connectivity index (χ1) is 17.0. The van der Waals surface area contributed by atoms with Crippen LogP contribution in [-0.2, 0) is 9.47 Å². The predicted molar refractivity (Wildman–Crippen MR) is 121 cm³/mol. The molecule has 11 heteroatoms. The maximum Gasteiger partial charge on any atom is 0.338 e. The van der Waals surface area contributed by atoms with Crippen molar-refractivity contribution in [1.82, 2.24) is 19.5 Å². The van der Waals surface area contributed by atoms with Gasteiger partial charge in [-0.15, -0.1) is 0 Å². The van der Waals surface area contributed by atoms with E-state index >= 15 is 0 Å². The number of rotatable bonds is 6. The van der Waals surface area contributed by atoms with Gasteiger partial charge in [-0.2, -0.15) is 0 Å². The maximum absolute atomic E-state index is 14.8. The van der Waals surface area contributed by atoms with E-state index in [-0.39, 0.29) is 29.5 Å². The lowest BCUT2D eigenvalue weighted by Crippen LogP contribution is -2.31. The van der Waals surface area contributed by atoms with E-state index in [1.807, 2.05) is 0 Å². The molecule has 3 heterocycles. The summed E-state index contributed by atoms with van der Waals surface area (Å²) in [6.07, 6.45) is -3.22. The Labute approximate surface area is 198 Å². The second kappa shape index (κ2) is 9.57. The van der Waals surface area contributed by atoms with Crippen LogP contribution >= 0.6 is 0 Å². The number of aliphatic hydroxyl groups excluding tert-OH is 1. The van der Waals surface area contributed by atoms with Crippen molar-refractivity contribution in [3.8, 4) is 0 Å². The molecule has 1 amide bonds. The summed E-state index contributed by atoms with van der Waals surface area (Å²) >= 11 is 0. The van der Waals surface area contributed by atoms with Crippen LogP contribution < -0.4 is 5.32 Å². The van der Waals surface area contributed by atoms with E-state index in [4.69, 9.17) is 9.47 Å². The molecule has 2 N–H and O–H groups in total. The van der Waals surface area contributed by atoms with E-state index in [1.54, 1.807) is 60.7 Å². The highest BCUT2D eigenvalue weighted by Crippen LogP contribution is 2.34. The number of benzene rings is 2. The van der Waals surface area contributed by atoms with Gasteiger partial charge in [0.1, 0.15) is 25.1 Å². The van der Waals surface area contributed by atoms with Crippen LogP contribution in [0.5, 0.6) is 0 Å². The molecule has 0 radical (unpaired) electrons. The zero-order valence-corrected chi connectivity index (χ0v) is 18.2. The fraction of sp³-hybridized carbons (Fsp3) is 0.208. The van der Waals surface area contributed by atoms with Crippen LogP contribution in [0.4, 0.5) is 10.2 Å². The number of anilines is 1. The third-order valence-electron chi connectivity index (χ3n) is 5.58. The summed E-state index contributed by atoms with van der Waals surface area (Å²) in [5.41, 5.74) is 1.21. The highest BCUT2D eigenvalue weighted by Gasteiger charge is 2.46. The summed E-state index contributed by atoms with van der Waals surface area (Å²) in [4.78, 5) is 37.2. The Kier molecular flexibility index (Phi) is 6.17. The number of halogens is 1. The fourth-order valence-electron chi connectivity index (χ4n) is 3.79. The Morgan fingerprint density at radius 3 is 2.43 bits per heavy atom. The Hall–Kier alpha value is -4.22. The summed E-state index contributed by atoms with van der Waals surface area (Å²) in [6, 6.07) is 16.9. The van der Waals surface area contributed by atoms with Gasteiger partial charge in [-0.1, -0.05) is 36.4 Å². The van der Waals surface area contributed by atoms with Crippen molar-refractivity contribution in [3.05, 3.63) is 84.4 Å². The second-order valence-electron chi connectivity index (χ2n) is 7.83. The number of amides is 1. The van der Waals surface area contributed by atoms with Gasteiger partial charge >= 0.3 is 5.97 Å². The molecule has 0 spiro atoms. The molecule has 2 aromatic carbocycles. The molecule has 1 fully saturated rings. The third kappa shape index (κ3) is 4.46. The summed E-state index contributed by atoms with van der Waals surface area (Å²) in [6.45, 7) is -0.386. The highest BCUT2D eigenvalue weighted by atomic mass is 19.1. The first-order valence-corrected chi connectivity index (χ1v) is 10.8. The van der Waals surface area contributed by atoms with Gasteiger partial charge in [0, 0.05) is 5.56 Å². The number of ether oxygens (including phenoxy) is 2. The molecular formula is C24H20FN5O5. The normalized spacial score (nSPS) is 21.7. The highest BCUT2D eigenvalue weighted by molar-refractivity contribution is 6.06. The topological polar surface area (TPSA) is 128 Å². The quantitative estimate of drug-likeness (QED) is 0.406. The smallest absolute Gasteiger partial charge is 0.338 e. The van der Waals surface area contributed by atoms with E-state index in [2.05, 4.69) is 20.3 Å². The number of fused-ring (bicyclic) bond motifs is 1. The van der Waals surface area contributed by atoms with Crippen molar-refractivity contribution in [1.29, 1.82) is 0 Å². The lowest BCUT2D eigenvalue weighted by molar-refractivity contribution is -0.0544. The van der Waals surface area contributed by atoms with E-state index in [1.165, 1.54) is 17.2 Å². The van der Waals surface area contributed by atoms with Crippen molar-refractivity contribution in [2.45, 2.75) is 24.6 Å². The number of alkyl halides is 1. The van der Waals surface area contributed by atoms with Crippen molar-refractivity contribution in [2.24, 2.45) is 0 Å². The summed E-state index contributed by atoms with van der Waals surface area (Å²) in [5.74, 6) is -0.861. The van der Waals surface area contributed by atoms with Crippen LogP contribution in [0.1, 0.15) is 26.9 Å². The molecule has 10 nitrogen and oxygen atoms in total. The summed E-state index contributed by atoms with van der Waals surface area (Å²) < 4.78 is 27.0. The third-order valence-corrected chi connectivity index (χ3v) is 5.58. The molecule has 4 aromatic rings. The Balaban J connectivity index is 1.32. The Morgan fingerprint density at radius 2 is 1.71 bits per heavy atom. The molecule has 5 rings (SSSR count). The number of hydrogen-bond donors (Lipinski definition) is 2. The largest absolute Gasteiger partial charge is 0.459 e. The number of aromatic nitrogens is 4. The Bertz CT molecular complexity index is 1350. The summed E-state index contributed by atoms with van der Waals surface area (Å²) in [5, 5.41) is 13.2. The van der Waals surface area contributed by atoms with Crippen molar-refractivity contribution in [3.63, 3.8) is 0 Å². The number of carbonyl (C=O) groups is 2. The number of imidazole rings is 1. The minimum Gasteiger partial charge on any atom is -0.459 e. The van der Waals surface area contributed by atoms with Gasteiger partial charge in [0.05, 0.1) is 11.9 Å². The summed E-state index contributed by atoms with van der Waals surface area (Å²) in [7, 11) is 0. The van der Waals surface area contributed by atoms with Crippen LogP contribution in [0.25, 0.3) is 11.2 Å². The van der Waals surface area contributed by atoms with Crippen LogP contribution in [0, 0.1) is 0 Å². The fourth-order valence-corrected chi connectivity index (χ4v) is 3.79. The number of hydrogen-bond acceptors (Lipinski definition) is 8. The molecule has 0 unspecified atom stereocenters. The molecular weight excluding hydrogens is 457 g/mol. The first kappa shape index (κ1) is 22.6. The standard InChI is InChI=1S/C24H20FN5O5/c25-17-16(11-34-24(33)15-9-5-2-6-10-15)35-23(19(17)31)30-13-28-18-20(26-12-27-21(18)30)29-22(32)14-7-3-1-4-8-14/h1-10,12-13,16-17,19,23,31H,11H2,(H,26,27,29,32)/t16-,17+,19-,23+/m0/s1. The van der Waals surface area contributed by atoms with Gasteiger partial charge in [0.15, 0.2) is 29.4 Å². The van der Waals surface area contributed by atoms with Gasteiger partial charge in [0.25, 0.3) is 5.91 Å². The SMILES string of the molecule is O=C(Nc1ncnc2c1ncn2[C@@H]1O[C@@H](COC(=O)c2ccccc2)[C@@H](F)[C@@H]1O)c1ccccc1. The molecule has 4 atom stereocenters. The Morgan fingerprint density at radius 1 is 1.03 bits per heavy atom. The average molecular weight is 477 g/mol.